The normalized spacial score (nSPS) is 11.7. The highest BCUT2D eigenvalue weighted by molar-refractivity contribution is 5.96. The van der Waals surface area contributed by atoms with Gasteiger partial charge in [-0.15, -0.1) is 0 Å². The van der Waals surface area contributed by atoms with Crippen LogP contribution in [0, 0.1) is 5.92 Å². The Kier molecular flexibility index (Phi) is 2.75. The van der Waals surface area contributed by atoms with E-state index in [1.807, 2.05) is 0 Å². The molecular weight excluding hydrogens is 128 g/mol. The Balaban J connectivity index is 4.39. The molecule has 3 heteroatoms. The zero-order valence-electron chi connectivity index (χ0n) is 6.42. The van der Waals surface area contributed by atoms with Gasteiger partial charge in [0.2, 0.25) is 0 Å². The second-order valence-corrected chi connectivity index (χ2v) is 2.66. The van der Waals surface area contributed by atoms with Gasteiger partial charge in [-0.2, -0.15) is 0 Å². The van der Waals surface area contributed by atoms with Gasteiger partial charge in [-0.3, -0.25) is 4.79 Å². The first-order valence-electron chi connectivity index (χ1n) is 3.17. The SMILES string of the molecule is C=CC(=O)C(N)(N)C(C)C. The topological polar surface area (TPSA) is 69.1 Å². The molecule has 0 aromatic rings. The maximum absolute atomic E-state index is 10.9. The zero-order chi connectivity index (χ0) is 8.36. The van der Waals surface area contributed by atoms with Gasteiger partial charge in [-0.25, -0.2) is 0 Å². The lowest BCUT2D eigenvalue weighted by molar-refractivity contribution is -0.120. The molecule has 0 fully saturated rings. The molecule has 0 bridgehead atoms. The Morgan fingerprint density at radius 3 is 2.10 bits per heavy atom. The highest BCUT2D eigenvalue weighted by Gasteiger charge is 2.29. The van der Waals surface area contributed by atoms with Crippen LogP contribution in [0.4, 0.5) is 0 Å². The van der Waals surface area contributed by atoms with Crippen molar-refractivity contribution in [2.45, 2.75) is 19.5 Å². The van der Waals surface area contributed by atoms with Gasteiger partial charge in [0.05, 0.1) is 0 Å². The summed E-state index contributed by atoms with van der Waals surface area (Å²) in [5, 5.41) is 0. The Morgan fingerprint density at radius 1 is 1.60 bits per heavy atom. The van der Waals surface area contributed by atoms with Crippen molar-refractivity contribution >= 4 is 5.78 Å². The largest absolute Gasteiger partial charge is 0.307 e. The monoisotopic (exact) mass is 142 g/mol. The molecule has 0 aliphatic rings. The van der Waals surface area contributed by atoms with Crippen molar-refractivity contribution in [1.82, 2.24) is 0 Å². The van der Waals surface area contributed by atoms with E-state index in [-0.39, 0.29) is 11.7 Å². The molecule has 0 radical (unpaired) electrons. The Bertz CT molecular complexity index is 150. The van der Waals surface area contributed by atoms with Crippen molar-refractivity contribution in [2.75, 3.05) is 0 Å². The van der Waals surface area contributed by atoms with Crippen LogP contribution in [0.2, 0.25) is 0 Å². The summed E-state index contributed by atoms with van der Waals surface area (Å²) in [5.41, 5.74) is 9.69. The summed E-state index contributed by atoms with van der Waals surface area (Å²) < 4.78 is 0. The Labute approximate surface area is 61.1 Å². The molecule has 0 aromatic carbocycles. The predicted molar refractivity (Wildman–Crippen MR) is 41.1 cm³/mol. The van der Waals surface area contributed by atoms with Gasteiger partial charge < -0.3 is 11.5 Å². The highest BCUT2D eigenvalue weighted by atomic mass is 16.1. The first kappa shape index (κ1) is 9.33. The van der Waals surface area contributed by atoms with Crippen LogP contribution in [0.1, 0.15) is 13.8 Å². The molecule has 3 nitrogen and oxygen atoms in total. The second-order valence-electron chi connectivity index (χ2n) is 2.66. The van der Waals surface area contributed by atoms with Gasteiger partial charge in [0.25, 0.3) is 0 Å². The molecule has 0 atom stereocenters. The lowest BCUT2D eigenvalue weighted by Crippen LogP contribution is -2.59. The first-order chi connectivity index (χ1) is 4.42. The molecule has 0 heterocycles. The summed E-state index contributed by atoms with van der Waals surface area (Å²) in [4.78, 5) is 10.9. The lowest BCUT2D eigenvalue weighted by Gasteiger charge is -2.25. The molecule has 0 saturated heterocycles. The van der Waals surface area contributed by atoms with Crippen LogP contribution in [0.5, 0.6) is 0 Å². The number of hydrogen-bond donors (Lipinski definition) is 2. The number of nitrogens with two attached hydrogens (primary N) is 2. The quantitative estimate of drug-likeness (QED) is 0.431. The van der Waals surface area contributed by atoms with Gasteiger partial charge in [0.1, 0.15) is 5.66 Å². The summed E-state index contributed by atoms with van der Waals surface area (Å²) in [7, 11) is 0. The molecule has 0 aliphatic carbocycles. The number of carbonyl (C=O) groups excluding carboxylic acids is 1. The number of hydrogen-bond acceptors (Lipinski definition) is 3. The van der Waals surface area contributed by atoms with E-state index in [4.69, 9.17) is 11.5 Å². The third kappa shape index (κ3) is 1.65. The van der Waals surface area contributed by atoms with Crippen LogP contribution in [-0.2, 0) is 4.79 Å². The smallest absolute Gasteiger partial charge is 0.189 e. The summed E-state index contributed by atoms with van der Waals surface area (Å²) in [6.07, 6.45) is 1.15. The lowest BCUT2D eigenvalue weighted by atomic mass is 9.93. The van der Waals surface area contributed by atoms with Gasteiger partial charge in [-0.05, 0) is 12.0 Å². The van der Waals surface area contributed by atoms with Crippen LogP contribution in [0.3, 0.4) is 0 Å². The van der Waals surface area contributed by atoms with Crippen LogP contribution < -0.4 is 11.5 Å². The molecule has 10 heavy (non-hydrogen) atoms. The average Bonchev–Trinajstić information content (AvgIpc) is 1.86. The Hall–Kier alpha value is -0.670. The standard InChI is InChI=1S/C7H14N2O/c1-4-6(10)7(8,9)5(2)3/h4-5H,1,8-9H2,2-3H3. The van der Waals surface area contributed by atoms with E-state index in [2.05, 4.69) is 6.58 Å². The van der Waals surface area contributed by atoms with Crippen LogP contribution >= 0.6 is 0 Å². The van der Waals surface area contributed by atoms with E-state index in [1.165, 1.54) is 0 Å². The van der Waals surface area contributed by atoms with Gasteiger partial charge in [0.15, 0.2) is 5.78 Å². The van der Waals surface area contributed by atoms with Crippen molar-refractivity contribution in [3.05, 3.63) is 12.7 Å². The molecule has 0 aliphatic heterocycles. The molecular formula is C7H14N2O. The summed E-state index contributed by atoms with van der Waals surface area (Å²) in [6.45, 7) is 6.89. The summed E-state index contributed by atoms with van der Waals surface area (Å²) in [5.74, 6) is -0.388. The van der Waals surface area contributed by atoms with Crippen molar-refractivity contribution in [2.24, 2.45) is 17.4 Å². The van der Waals surface area contributed by atoms with E-state index in [0.29, 0.717) is 0 Å². The molecule has 0 aromatic heterocycles. The van der Waals surface area contributed by atoms with Crippen molar-refractivity contribution in [3.8, 4) is 0 Å². The number of ketones is 1. The molecule has 0 amide bonds. The van der Waals surface area contributed by atoms with Gasteiger partial charge >= 0.3 is 0 Å². The molecule has 4 N–H and O–H groups in total. The fraction of sp³-hybridized carbons (Fsp3) is 0.571. The van der Waals surface area contributed by atoms with E-state index in [1.54, 1.807) is 13.8 Å². The van der Waals surface area contributed by atoms with Crippen molar-refractivity contribution in [3.63, 3.8) is 0 Å². The molecule has 0 spiro atoms. The number of carbonyl (C=O) groups is 1. The fourth-order valence-electron chi connectivity index (χ4n) is 0.461. The van der Waals surface area contributed by atoms with E-state index < -0.39 is 5.66 Å². The minimum absolute atomic E-state index is 0.0713. The van der Waals surface area contributed by atoms with E-state index >= 15 is 0 Å². The van der Waals surface area contributed by atoms with Crippen molar-refractivity contribution in [1.29, 1.82) is 0 Å². The van der Waals surface area contributed by atoms with E-state index in [0.717, 1.165) is 6.08 Å². The summed E-state index contributed by atoms with van der Waals surface area (Å²) in [6, 6.07) is 0. The molecule has 0 unspecified atom stereocenters. The van der Waals surface area contributed by atoms with Crippen LogP contribution in [0.25, 0.3) is 0 Å². The maximum Gasteiger partial charge on any atom is 0.189 e. The third-order valence-corrected chi connectivity index (χ3v) is 1.57. The highest BCUT2D eigenvalue weighted by Crippen LogP contribution is 2.07. The van der Waals surface area contributed by atoms with Crippen LogP contribution in [0.15, 0.2) is 12.7 Å². The molecule has 0 saturated carbocycles. The molecule has 58 valence electrons. The van der Waals surface area contributed by atoms with Gasteiger partial charge in [-0.1, -0.05) is 20.4 Å². The number of rotatable bonds is 3. The summed E-state index contributed by atoms with van der Waals surface area (Å²) >= 11 is 0. The zero-order valence-corrected chi connectivity index (χ0v) is 6.42. The average molecular weight is 142 g/mol. The predicted octanol–water partition coefficient (Wildman–Crippen LogP) is 0.0112. The minimum Gasteiger partial charge on any atom is -0.307 e. The molecule has 0 rings (SSSR count). The maximum atomic E-state index is 10.9. The Morgan fingerprint density at radius 2 is 2.00 bits per heavy atom. The van der Waals surface area contributed by atoms with E-state index in [9.17, 15) is 4.79 Å². The third-order valence-electron chi connectivity index (χ3n) is 1.57. The minimum atomic E-state index is -1.25. The van der Waals surface area contributed by atoms with Crippen LogP contribution in [-0.4, -0.2) is 11.4 Å². The first-order valence-corrected chi connectivity index (χ1v) is 3.17. The van der Waals surface area contributed by atoms with Gasteiger partial charge in [0, 0.05) is 0 Å². The second kappa shape index (κ2) is 2.94. The van der Waals surface area contributed by atoms with Crippen molar-refractivity contribution < 1.29 is 4.79 Å². The fourth-order valence-corrected chi connectivity index (χ4v) is 0.461.